The lowest BCUT2D eigenvalue weighted by atomic mass is 10.1. The molecule has 0 saturated heterocycles. The van der Waals surface area contributed by atoms with Crippen LogP contribution in [0.1, 0.15) is 32.7 Å². The summed E-state index contributed by atoms with van der Waals surface area (Å²) in [5.41, 5.74) is 5.10. The van der Waals surface area contributed by atoms with Crippen molar-refractivity contribution in [2.75, 3.05) is 11.9 Å². The number of sulfonamides is 1. The first-order valence-corrected chi connectivity index (χ1v) is 14.7. The van der Waals surface area contributed by atoms with Crippen molar-refractivity contribution < 1.29 is 13.2 Å². The summed E-state index contributed by atoms with van der Waals surface area (Å²) < 4.78 is 28.7. The van der Waals surface area contributed by atoms with Gasteiger partial charge in [0.05, 0.1) is 27.4 Å². The quantitative estimate of drug-likeness (QED) is 0.235. The van der Waals surface area contributed by atoms with Crippen LogP contribution >= 0.6 is 11.3 Å². The molecule has 1 amide bonds. The van der Waals surface area contributed by atoms with Gasteiger partial charge in [-0.1, -0.05) is 47.7 Å². The Morgan fingerprint density at radius 2 is 1.56 bits per heavy atom. The molecule has 39 heavy (non-hydrogen) atoms. The third-order valence-corrected chi connectivity index (χ3v) is 9.43. The van der Waals surface area contributed by atoms with Gasteiger partial charge in [-0.25, -0.2) is 13.4 Å². The maximum Gasteiger partial charge on any atom is 0.260 e. The molecule has 9 heteroatoms. The summed E-state index contributed by atoms with van der Waals surface area (Å²) in [7, 11) is -2.19. The number of rotatable bonds is 8. The molecule has 0 atom stereocenters. The minimum Gasteiger partial charge on any atom is -0.278 e. The summed E-state index contributed by atoms with van der Waals surface area (Å²) >= 11 is 1.45. The molecule has 198 valence electrons. The second-order valence-electron chi connectivity index (χ2n) is 9.38. The standard InChI is InChI=1S/C30H28N4O3S2/c1-21-17-27-28(18-22(21)2)38-30(32-27)34(20-25-11-7-8-16-31-25)29(35)24-12-14-26(15-13-24)39(36,37)33(3)19-23-9-5-4-6-10-23/h4-18H,19-20H2,1-3H3. The molecule has 0 radical (unpaired) electrons. The van der Waals surface area contributed by atoms with Gasteiger partial charge in [-0.05, 0) is 79.1 Å². The van der Waals surface area contributed by atoms with Gasteiger partial charge in [0, 0.05) is 25.4 Å². The molecule has 3 aromatic carbocycles. The maximum absolute atomic E-state index is 13.8. The van der Waals surface area contributed by atoms with Crippen LogP contribution in [0.2, 0.25) is 0 Å². The first-order chi connectivity index (χ1) is 18.7. The summed E-state index contributed by atoms with van der Waals surface area (Å²) in [6, 6.07) is 25.2. The topological polar surface area (TPSA) is 83.5 Å². The van der Waals surface area contributed by atoms with Crippen LogP contribution in [0.15, 0.2) is 96.0 Å². The van der Waals surface area contributed by atoms with Crippen LogP contribution in [0, 0.1) is 13.8 Å². The molecule has 0 aliphatic rings. The van der Waals surface area contributed by atoms with Crippen molar-refractivity contribution in [1.82, 2.24) is 14.3 Å². The third kappa shape index (κ3) is 5.75. The van der Waals surface area contributed by atoms with Crippen LogP contribution in [-0.2, 0) is 23.1 Å². The van der Waals surface area contributed by atoms with Gasteiger partial charge < -0.3 is 0 Å². The number of hydrogen-bond donors (Lipinski definition) is 0. The van der Waals surface area contributed by atoms with Gasteiger partial charge in [0.15, 0.2) is 5.13 Å². The number of nitrogens with zero attached hydrogens (tertiary/aromatic N) is 4. The molecule has 0 N–H and O–H groups in total. The minimum absolute atomic E-state index is 0.125. The van der Waals surface area contributed by atoms with E-state index < -0.39 is 10.0 Å². The normalized spacial score (nSPS) is 11.7. The van der Waals surface area contributed by atoms with Crippen LogP contribution in [0.5, 0.6) is 0 Å². The van der Waals surface area contributed by atoms with Crippen LogP contribution in [-0.4, -0.2) is 35.6 Å². The van der Waals surface area contributed by atoms with Gasteiger partial charge in [-0.3, -0.25) is 14.7 Å². The van der Waals surface area contributed by atoms with Gasteiger partial charge in [0.1, 0.15) is 0 Å². The summed E-state index contributed by atoms with van der Waals surface area (Å²) in [6.07, 6.45) is 1.69. The monoisotopic (exact) mass is 556 g/mol. The molecule has 5 rings (SSSR count). The highest BCUT2D eigenvalue weighted by atomic mass is 32.2. The number of fused-ring (bicyclic) bond motifs is 1. The fourth-order valence-electron chi connectivity index (χ4n) is 4.19. The fourth-order valence-corrected chi connectivity index (χ4v) is 6.40. The van der Waals surface area contributed by atoms with Gasteiger partial charge in [0.2, 0.25) is 10.0 Å². The molecule has 0 fully saturated rings. The highest BCUT2D eigenvalue weighted by Crippen LogP contribution is 2.32. The highest BCUT2D eigenvalue weighted by molar-refractivity contribution is 7.89. The van der Waals surface area contributed by atoms with Crippen molar-refractivity contribution in [3.8, 4) is 0 Å². The average Bonchev–Trinajstić information content (AvgIpc) is 3.35. The fraction of sp³-hybridized carbons (Fsp3) is 0.167. The number of carbonyl (C=O) groups excluding carboxylic acids is 1. The molecule has 7 nitrogen and oxygen atoms in total. The first-order valence-electron chi connectivity index (χ1n) is 12.4. The Bertz CT molecular complexity index is 1680. The van der Waals surface area contributed by atoms with E-state index in [0.717, 1.165) is 32.6 Å². The second-order valence-corrected chi connectivity index (χ2v) is 12.4. The number of thiazole rings is 1. The lowest BCUT2D eigenvalue weighted by Gasteiger charge is -2.20. The number of anilines is 1. The van der Waals surface area contributed by atoms with Gasteiger partial charge in [-0.2, -0.15) is 4.31 Å². The van der Waals surface area contributed by atoms with E-state index in [0.29, 0.717) is 10.7 Å². The van der Waals surface area contributed by atoms with Gasteiger partial charge in [-0.15, -0.1) is 0 Å². The largest absolute Gasteiger partial charge is 0.278 e. The zero-order chi connectivity index (χ0) is 27.6. The molecule has 2 aromatic heterocycles. The second kappa shape index (κ2) is 11.1. The minimum atomic E-state index is -3.74. The third-order valence-electron chi connectivity index (χ3n) is 6.57. The van der Waals surface area contributed by atoms with Crippen LogP contribution in [0.4, 0.5) is 5.13 Å². The zero-order valence-corrected chi connectivity index (χ0v) is 23.5. The molecule has 0 aliphatic carbocycles. The summed E-state index contributed by atoms with van der Waals surface area (Å²) in [4.78, 5) is 24.7. The summed E-state index contributed by atoms with van der Waals surface area (Å²) in [5, 5.41) is 0.560. The first kappa shape index (κ1) is 26.7. The predicted molar refractivity (Wildman–Crippen MR) is 155 cm³/mol. The van der Waals surface area contributed by atoms with Crippen molar-refractivity contribution >= 4 is 42.6 Å². The Kier molecular flexibility index (Phi) is 7.56. The van der Waals surface area contributed by atoms with Crippen molar-refractivity contribution in [2.45, 2.75) is 31.8 Å². The molecule has 0 bridgehead atoms. The van der Waals surface area contributed by atoms with Crippen LogP contribution in [0.3, 0.4) is 0 Å². The van der Waals surface area contributed by atoms with E-state index >= 15 is 0 Å². The maximum atomic E-state index is 13.8. The van der Waals surface area contributed by atoms with Crippen molar-refractivity contribution in [3.63, 3.8) is 0 Å². The number of carbonyl (C=O) groups is 1. The summed E-state index contributed by atoms with van der Waals surface area (Å²) in [6.45, 7) is 4.57. The summed E-state index contributed by atoms with van der Waals surface area (Å²) in [5.74, 6) is -0.283. The smallest absolute Gasteiger partial charge is 0.260 e. The van der Waals surface area contributed by atoms with E-state index in [4.69, 9.17) is 4.98 Å². The van der Waals surface area contributed by atoms with Gasteiger partial charge in [0.25, 0.3) is 5.91 Å². The van der Waals surface area contributed by atoms with E-state index in [1.807, 2.05) is 61.5 Å². The molecule has 0 unspecified atom stereocenters. The number of aryl methyl sites for hydroxylation is 2. The van der Waals surface area contributed by atoms with Crippen molar-refractivity contribution in [2.24, 2.45) is 0 Å². The lowest BCUT2D eigenvalue weighted by molar-refractivity contribution is 0.0984. The number of amides is 1. The van der Waals surface area contributed by atoms with Crippen molar-refractivity contribution in [3.05, 3.63) is 119 Å². The van der Waals surface area contributed by atoms with E-state index in [1.165, 1.54) is 27.8 Å². The SMILES string of the molecule is Cc1cc2nc(N(Cc3ccccn3)C(=O)c3ccc(S(=O)(=O)N(C)Cc4ccccc4)cc3)sc2cc1C. The Morgan fingerprint density at radius 1 is 0.872 bits per heavy atom. The Hall–Kier alpha value is -3.92. The number of aromatic nitrogens is 2. The zero-order valence-electron chi connectivity index (χ0n) is 21.9. The highest BCUT2D eigenvalue weighted by Gasteiger charge is 2.25. The predicted octanol–water partition coefficient (Wildman–Crippen LogP) is 5.98. The van der Waals surface area contributed by atoms with E-state index in [2.05, 4.69) is 18.0 Å². The number of hydrogen-bond acceptors (Lipinski definition) is 6. The van der Waals surface area contributed by atoms with Crippen LogP contribution in [0.25, 0.3) is 10.2 Å². The number of benzene rings is 3. The number of pyridine rings is 1. The van der Waals surface area contributed by atoms with E-state index in [-0.39, 0.29) is 23.9 Å². The molecule has 2 heterocycles. The Balaban J connectivity index is 1.44. The lowest BCUT2D eigenvalue weighted by Crippen LogP contribution is -2.31. The molecule has 0 spiro atoms. The Labute approximate surface area is 232 Å². The Morgan fingerprint density at radius 3 is 2.26 bits per heavy atom. The van der Waals surface area contributed by atoms with Crippen molar-refractivity contribution in [1.29, 1.82) is 0 Å². The average molecular weight is 557 g/mol. The van der Waals surface area contributed by atoms with E-state index in [9.17, 15) is 13.2 Å². The molecule has 5 aromatic rings. The molecular weight excluding hydrogens is 528 g/mol. The molecular formula is C30H28N4O3S2. The van der Waals surface area contributed by atoms with E-state index in [1.54, 1.807) is 30.3 Å². The molecule has 0 aliphatic heterocycles. The van der Waals surface area contributed by atoms with Crippen LogP contribution < -0.4 is 4.90 Å². The van der Waals surface area contributed by atoms with Gasteiger partial charge >= 0.3 is 0 Å². The molecule has 0 saturated carbocycles.